The Labute approximate surface area is 162 Å². The number of aromatic nitrogens is 1. The molecule has 0 atom stereocenters. The fourth-order valence-corrected chi connectivity index (χ4v) is 3.21. The van der Waals surface area contributed by atoms with Crippen molar-refractivity contribution in [2.45, 2.75) is 13.5 Å². The van der Waals surface area contributed by atoms with Crippen molar-refractivity contribution < 1.29 is 9.18 Å². The molecule has 0 radical (unpaired) electrons. The van der Waals surface area contributed by atoms with Crippen molar-refractivity contribution in [3.63, 3.8) is 0 Å². The van der Waals surface area contributed by atoms with E-state index in [2.05, 4.69) is 10.3 Å². The van der Waals surface area contributed by atoms with Crippen molar-refractivity contribution in [2.75, 3.05) is 0 Å². The van der Waals surface area contributed by atoms with Crippen LogP contribution in [0.3, 0.4) is 0 Å². The van der Waals surface area contributed by atoms with Gasteiger partial charge in [-0.15, -0.1) is 0 Å². The van der Waals surface area contributed by atoms with Crippen molar-refractivity contribution in [2.24, 2.45) is 0 Å². The molecular weight excluding hydrogens is 351 g/mol. The molecule has 4 aromatic rings. The standard InChI is InChI=1S/C24H19FN2O/c1-16-11-12-22-19(13-16)20(24(28)26-15-17-7-3-2-4-8-17)14-23(27-22)18-9-5-6-10-21(18)25/h2-14H,15H2,1H3,(H,26,28). The monoisotopic (exact) mass is 370 g/mol. The van der Waals surface area contributed by atoms with Crippen LogP contribution in [0.2, 0.25) is 0 Å². The zero-order valence-electron chi connectivity index (χ0n) is 15.4. The van der Waals surface area contributed by atoms with Crippen LogP contribution in [0, 0.1) is 12.7 Å². The zero-order valence-corrected chi connectivity index (χ0v) is 15.4. The summed E-state index contributed by atoms with van der Waals surface area (Å²) in [6.45, 7) is 2.39. The van der Waals surface area contributed by atoms with Gasteiger partial charge in [-0.2, -0.15) is 0 Å². The lowest BCUT2D eigenvalue weighted by Crippen LogP contribution is -2.23. The van der Waals surface area contributed by atoms with Gasteiger partial charge in [-0.3, -0.25) is 4.79 Å². The summed E-state index contributed by atoms with van der Waals surface area (Å²) in [5.74, 6) is -0.573. The molecule has 0 saturated heterocycles. The van der Waals surface area contributed by atoms with Crippen molar-refractivity contribution >= 4 is 16.8 Å². The highest BCUT2D eigenvalue weighted by molar-refractivity contribution is 6.07. The van der Waals surface area contributed by atoms with Crippen LogP contribution >= 0.6 is 0 Å². The molecule has 1 aromatic heterocycles. The summed E-state index contributed by atoms with van der Waals surface area (Å²) in [6, 6.07) is 23.6. The molecule has 3 nitrogen and oxygen atoms in total. The van der Waals surface area contributed by atoms with Crippen LogP contribution in [-0.2, 0) is 6.54 Å². The molecule has 0 aliphatic heterocycles. The number of aryl methyl sites for hydroxylation is 1. The van der Waals surface area contributed by atoms with Crippen LogP contribution in [0.15, 0.2) is 78.9 Å². The highest BCUT2D eigenvalue weighted by Crippen LogP contribution is 2.27. The Bertz CT molecular complexity index is 1160. The predicted molar refractivity (Wildman–Crippen MR) is 109 cm³/mol. The first-order valence-electron chi connectivity index (χ1n) is 9.10. The molecule has 1 heterocycles. The smallest absolute Gasteiger partial charge is 0.252 e. The number of halogens is 1. The summed E-state index contributed by atoms with van der Waals surface area (Å²) >= 11 is 0. The number of carbonyl (C=O) groups is 1. The van der Waals surface area contributed by atoms with E-state index in [0.29, 0.717) is 28.9 Å². The quantitative estimate of drug-likeness (QED) is 0.531. The number of benzene rings is 3. The number of hydrogen-bond acceptors (Lipinski definition) is 2. The number of rotatable bonds is 4. The Balaban J connectivity index is 1.77. The van der Waals surface area contributed by atoms with E-state index in [1.807, 2.05) is 55.5 Å². The van der Waals surface area contributed by atoms with Crippen LogP contribution < -0.4 is 5.32 Å². The molecule has 28 heavy (non-hydrogen) atoms. The van der Waals surface area contributed by atoms with Gasteiger partial charge in [0.1, 0.15) is 5.82 Å². The average Bonchev–Trinajstić information content (AvgIpc) is 2.72. The van der Waals surface area contributed by atoms with Gasteiger partial charge in [0.05, 0.1) is 16.8 Å². The maximum atomic E-state index is 14.3. The second kappa shape index (κ2) is 7.61. The van der Waals surface area contributed by atoms with Gasteiger partial charge in [0.15, 0.2) is 0 Å². The minimum Gasteiger partial charge on any atom is -0.348 e. The van der Waals surface area contributed by atoms with Gasteiger partial charge in [0.25, 0.3) is 5.91 Å². The molecule has 0 spiro atoms. The van der Waals surface area contributed by atoms with Crippen LogP contribution in [0.5, 0.6) is 0 Å². The maximum Gasteiger partial charge on any atom is 0.252 e. The maximum absolute atomic E-state index is 14.3. The lowest BCUT2D eigenvalue weighted by atomic mass is 10.0. The Morgan fingerprint density at radius 1 is 0.964 bits per heavy atom. The van der Waals surface area contributed by atoms with E-state index in [9.17, 15) is 9.18 Å². The highest BCUT2D eigenvalue weighted by atomic mass is 19.1. The summed E-state index contributed by atoms with van der Waals surface area (Å²) < 4.78 is 14.3. The molecule has 0 aliphatic rings. The van der Waals surface area contributed by atoms with E-state index in [-0.39, 0.29) is 11.7 Å². The first kappa shape index (κ1) is 17.9. The number of hydrogen-bond donors (Lipinski definition) is 1. The molecule has 3 aromatic carbocycles. The molecule has 0 aliphatic carbocycles. The first-order chi connectivity index (χ1) is 13.6. The lowest BCUT2D eigenvalue weighted by molar-refractivity contribution is 0.0952. The van der Waals surface area contributed by atoms with E-state index < -0.39 is 0 Å². The molecule has 1 amide bonds. The molecule has 138 valence electrons. The van der Waals surface area contributed by atoms with E-state index in [4.69, 9.17) is 0 Å². The van der Waals surface area contributed by atoms with E-state index in [1.54, 1.807) is 24.3 Å². The SMILES string of the molecule is Cc1ccc2nc(-c3ccccc3F)cc(C(=O)NCc3ccccc3)c2c1. The third-order valence-corrected chi connectivity index (χ3v) is 4.65. The molecule has 0 fully saturated rings. The van der Waals surface area contributed by atoms with E-state index in [1.165, 1.54) is 6.07 Å². The Kier molecular flexibility index (Phi) is 4.85. The Morgan fingerprint density at radius 3 is 2.50 bits per heavy atom. The third kappa shape index (κ3) is 3.62. The van der Waals surface area contributed by atoms with Crippen molar-refractivity contribution in [1.29, 1.82) is 0 Å². The number of nitrogens with one attached hydrogen (secondary N) is 1. The summed E-state index contributed by atoms with van der Waals surface area (Å²) in [5.41, 5.74) is 4.02. The number of pyridine rings is 1. The Morgan fingerprint density at radius 2 is 1.71 bits per heavy atom. The van der Waals surface area contributed by atoms with Crippen molar-refractivity contribution in [3.8, 4) is 11.3 Å². The van der Waals surface area contributed by atoms with E-state index >= 15 is 0 Å². The number of carbonyl (C=O) groups excluding carboxylic acids is 1. The minimum absolute atomic E-state index is 0.209. The number of nitrogens with zero attached hydrogens (tertiary/aromatic N) is 1. The van der Waals surface area contributed by atoms with Crippen molar-refractivity contribution in [1.82, 2.24) is 10.3 Å². The van der Waals surface area contributed by atoms with E-state index in [0.717, 1.165) is 16.5 Å². The van der Waals surface area contributed by atoms with Gasteiger partial charge in [-0.1, -0.05) is 54.1 Å². The zero-order chi connectivity index (χ0) is 19.5. The topological polar surface area (TPSA) is 42.0 Å². The highest BCUT2D eigenvalue weighted by Gasteiger charge is 2.15. The van der Waals surface area contributed by atoms with Gasteiger partial charge in [0.2, 0.25) is 0 Å². The van der Waals surface area contributed by atoms with Gasteiger partial charge < -0.3 is 5.32 Å². The van der Waals surface area contributed by atoms with Gasteiger partial charge in [-0.05, 0) is 42.8 Å². The second-order valence-corrected chi connectivity index (χ2v) is 6.72. The normalized spacial score (nSPS) is 10.8. The largest absolute Gasteiger partial charge is 0.348 e. The summed E-state index contributed by atoms with van der Waals surface area (Å²) in [6.07, 6.45) is 0. The van der Waals surface area contributed by atoms with Crippen LogP contribution in [-0.4, -0.2) is 10.9 Å². The van der Waals surface area contributed by atoms with Crippen molar-refractivity contribution in [3.05, 3.63) is 101 Å². The third-order valence-electron chi connectivity index (χ3n) is 4.65. The average molecular weight is 370 g/mol. The molecular formula is C24H19FN2O. The summed E-state index contributed by atoms with van der Waals surface area (Å²) in [4.78, 5) is 17.6. The lowest BCUT2D eigenvalue weighted by Gasteiger charge is -2.12. The minimum atomic E-state index is -0.364. The fraction of sp³-hybridized carbons (Fsp3) is 0.0833. The second-order valence-electron chi connectivity index (χ2n) is 6.72. The fourth-order valence-electron chi connectivity index (χ4n) is 3.21. The number of fused-ring (bicyclic) bond motifs is 1. The molecule has 4 rings (SSSR count). The molecule has 4 heteroatoms. The number of amides is 1. The molecule has 0 unspecified atom stereocenters. The molecule has 0 saturated carbocycles. The van der Waals surface area contributed by atoms with Gasteiger partial charge in [-0.25, -0.2) is 9.37 Å². The predicted octanol–water partition coefficient (Wildman–Crippen LogP) is 5.28. The Hall–Kier alpha value is -3.53. The van der Waals surface area contributed by atoms with Crippen LogP contribution in [0.1, 0.15) is 21.5 Å². The van der Waals surface area contributed by atoms with Gasteiger partial charge in [0, 0.05) is 17.5 Å². The molecule has 0 bridgehead atoms. The van der Waals surface area contributed by atoms with Gasteiger partial charge >= 0.3 is 0 Å². The summed E-state index contributed by atoms with van der Waals surface area (Å²) in [5, 5.41) is 3.71. The van der Waals surface area contributed by atoms with Crippen LogP contribution in [0.4, 0.5) is 4.39 Å². The molecule has 1 N–H and O–H groups in total. The summed E-state index contributed by atoms with van der Waals surface area (Å²) in [7, 11) is 0. The van der Waals surface area contributed by atoms with Crippen LogP contribution in [0.25, 0.3) is 22.2 Å². The first-order valence-corrected chi connectivity index (χ1v) is 9.10.